The van der Waals surface area contributed by atoms with Crippen LogP contribution in [-0.2, 0) is 16.1 Å². The molecule has 0 spiro atoms. The van der Waals surface area contributed by atoms with Crippen LogP contribution >= 0.6 is 0 Å². The first-order chi connectivity index (χ1) is 12.0. The van der Waals surface area contributed by atoms with Gasteiger partial charge in [0.15, 0.2) is 0 Å². The van der Waals surface area contributed by atoms with Crippen molar-refractivity contribution in [3.63, 3.8) is 0 Å². The van der Waals surface area contributed by atoms with Crippen molar-refractivity contribution >= 4 is 23.9 Å². The molecule has 25 heavy (non-hydrogen) atoms. The number of urea groups is 1. The first-order valence-corrected chi connectivity index (χ1v) is 7.38. The Bertz CT molecular complexity index is 867. The van der Waals surface area contributed by atoms with Gasteiger partial charge < -0.3 is 4.42 Å². The zero-order valence-corrected chi connectivity index (χ0v) is 12.9. The van der Waals surface area contributed by atoms with E-state index in [4.69, 9.17) is 4.42 Å². The van der Waals surface area contributed by atoms with E-state index in [0.717, 1.165) is 4.90 Å². The van der Waals surface area contributed by atoms with Gasteiger partial charge in [0.2, 0.25) is 0 Å². The van der Waals surface area contributed by atoms with Gasteiger partial charge in [0, 0.05) is 0 Å². The van der Waals surface area contributed by atoms with E-state index in [9.17, 15) is 18.8 Å². The number of nitrogens with zero attached hydrogens (tertiary/aromatic N) is 1. The van der Waals surface area contributed by atoms with Crippen LogP contribution in [0.25, 0.3) is 6.08 Å². The van der Waals surface area contributed by atoms with Crippen LogP contribution in [0.2, 0.25) is 0 Å². The van der Waals surface area contributed by atoms with Crippen LogP contribution in [-0.4, -0.2) is 22.7 Å². The van der Waals surface area contributed by atoms with E-state index in [1.165, 1.54) is 42.7 Å². The van der Waals surface area contributed by atoms with E-state index in [0.29, 0.717) is 11.3 Å². The number of hydrogen-bond donors (Lipinski definition) is 1. The number of carbonyl (C=O) groups is 3. The summed E-state index contributed by atoms with van der Waals surface area (Å²) in [6.07, 6.45) is 5.87. The van der Waals surface area contributed by atoms with E-state index >= 15 is 0 Å². The molecule has 1 aromatic heterocycles. The number of allylic oxidation sites excluding steroid dienone is 2. The minimum absolute atomic E-state index is 0.0720. The van der Waals surface area contributed by atoms with Crippen LogP contribution in [0.4, 0.5) is 9.18 Å². The predicted molar refractivity (Wildman–Crippen MR) is 86.3 cm³/mol. The van der Waals surface area contributed by atoms with Crippen molar-refractivity contribution in [1.29, 1.82) is 0 Å². The number of barbiturate groups is 1. The van der Waals surface area contributed by atoms with Gasteiger partial charge in [-0.2, -0.15) is 0 Å². The monoisotopic (exact) mass is 340 g/mol. The van der Waals surface area contributed by atoms with Gasteiger partial charge in [-0.15, -0.1) is 0 Å². The van der Waals surface area contributed by atoms with Gasteiger partial charge in [-0.1, -0.05) is 18.2 Å². The topological polar surface area (TPSA) is 79.6 Å². The predicted octanol–water partition coefficient (Wildman–Crippen LogP) is 2.64. The van der Waals surface area contributed by atoms with Gasteiger partial charge in [-0.3, -0.25) is 19.8 Å². The number of imide groups is 2. The summed E-state index contributed by atoms with van der Waals surface area (Å²) in [5.41, 5.74) is 0.384. The molecule has 1 saturated heterocycles. The smallest absolute Gasteiger partial charge is 0.331 e. The number of halogens is 1. The minimum Gasteiger partial charge on any atom is -0.465 e. The summed E-state index contributed by atoms with van der Waals surface area (Å²) in [4.78, 5) is 37.2. The molecule has 1 aromatic carbocycles. The van der Waals surface area contributed by atoms with Crippen molar-refractivity contribution in [2.75, 3.05) is 0 Å². The van der Waals surface area contributed by atoms with E-state index < -0.39 is 23.7 Å². The lowest BCUT2D eigenvalue weighted by molar-refractivity contribution is -0.130. The van der Waals surface area contributed by atoms with E-state index in [2.05, 4.69) is 5.32 Å². The SMILES string of the molecule is O=C1NC(=O)N(Cc2ccc(F)cc2)C(=O)/C1=C/C=C/c1ccco1. The molecule has 7 heteroatoms. The molecule has 1 aliphatic rings. The van der Waals surface area contributed by atoms with Crippen molar-refractivity contribution in [1.82, 2.24) is 10.2 Å². The zero-order chi connectivity index (χ0) is 17.8. The molecular formula is C18H13FN2O4. The summed E-state index contributed by atoms with van der Waals surface area (Å²) in [6.45, 7) is -0.0720. The zero-order valence-electron chi connectivity index (χ0n) is 12.9. The molecule has 3 rings (SSSR count). The molecule has 2 heterocycles. The summed E-state index contributed by atoms with van der Waals surface area (Å²) in [6, 6.07) is 7.99. The van der Waals surface area contributed by atoms with Crippen molar-refractivity contribution in [3.05, 3.63) is 77.5 Å². The number of benzene rings is 1. The maximum absolute atomic E-state index is 13.0. The fourth-order valence-electron chi connectivity index (χ4n) is 2.25. The fourth-order valence-corrected chi connectivity index (χ4v) is 2.25. The lowest BCUT2D eigenvalue weighted by Crippen LogP contribution is -2.53. The molecule has 1 fully saturated rings. The van der Waals surface area contributed by atoms with Gasteiger partial charge in [0.05, 0.1) is 12.8 Å². The van der Waals surface area contributed by atoms with E-state index in [1.807, 2.05) is 0 Å². The molecule has 1 aliphatic heterocycles. The minimum atomic E-state index is -0.813. The third kappa shape index (κ3) is 3.72. The molecule has 2 aromatic rings. The van der Waals surface area contributed by atoms with Crippen molar-refractivity contribution in [2.24, 2.45) is 0 Å². The first kappa shape index (κ1) is 16.4. The Labute approximate surface area is 142 Å². The molecule has 0 unspecified atom stereocenters. The number of carbonyl (C=O) groups excluding carboxylic acids is 3. The van der Waals surface area contributed by atoms with E-state index in [-0.39, 0.29) is 12.1 Å². The molecule has 0 radical (unpaired) electrons. The van der Waals surface area contributed by atoms with Gasteiger partial charge in [-0.05, 0) is 42.0 Å². The molecule has 0 saturated carbocycles. The standard InChI is InChI=1S/C18H13FN2O4/c19-13-8-6-12(7-9-13)11-21-17(23)15(16(22)20-18(21)24)5-1-3-14-4-2-10-25-14/h1-10H,11H2,(H,20,22,24)/b3-1+,15-5+. The number of amides is 4. The summed E-state index contributed by atoms with van der Waals surface area (Å²) < 4.78 is 18.1. The van der Waals surface area contributed by atoms with Crippen LogP contribution in [0, 0.1) is 5.82 Å². The Balaban J connectivity index is 1.80. The Kier molecular flexibility index (Phi) is 4.56. The van der Waals surface area contributed by atoms with Crippen LogP contribution in [0.15, 0.2) is 64.8 Å². The molecule has 0 aliphatic carbocycles. The molecule has 0 atom stereocenters. The highest BCUT2D eigenvalue weighted by atomic mass is 19.1. The molecule has 6 nitrogen and oxygen atoms in total. The Morgan fingerprint density at radius 3 is 2.56 bits per heavy atom. The summed E-state index contributed by atoms with van der Waals surface area (Å²) in [5.74, 6) is -1.35. The second-order valence-electron chi connectivity index (χ2n) is 5.23. The Hall–Kier alpha value is -3.48. The number of hydrogen-bond acceptors (Lipinski definition) is 4. The maximum atomic E-state index is 13.0. The third-order valence-electron chi connectivity index (χ3n) is 3.51. The second kappa shape index (κ2) is 6.96. The van der Waals surface area contributed by atoms with Gasteiger partial charge in [-0.25, -0.2) is 9.18 Å². The molecular weight excluding hydrogens is 327 g/mol. The fraction of sp³-hybridized carbons (Fsp3) is 0.0556. The van der Waals surface area contributed by atoms with Crippen LogP contribution in [0.5, 0.6) is 0 Å². The molecule has 126 valence electrons. The molecule has 4 amide bonds. The van der Waals surface area contributed by atoms with Gasteiger partial charge in [0.25, 0.3) is 11.8 Å². The molecule has 0 bridgehead atoms. The third-order valence-corrected chi connectivity index (χ3v) is 3.51. The van der Waals surface area contributed by atoms with Crippen molar-refractivity contribution < 1.29 is 23.2 Å². The second-order valence-corrected chi connectivity index (χ2v) is 5.23. The highest BCUT2D eigenvalue weighted by molar-refractivity contribution is 6.28. The Morgan fingerprint density at radius 2 is 1.88 bits per heavy atom. The highest BCUT2D eigenvalue weighted by Crippen LogP contribution is 2.15. The van der Waals surface area contributed by atoms with Gasteiger partial charge in [0.1, 0.15) is 17.2 Å². The van der Waals surface area contributed by atoms with Crippen LogP contribution in [0.1, 0.15) is 11.3 Å². The Morgan fingerprint density at radius 1 is 1.12 bits per heavy atom. The number of furan rings is 1. The van der Waals surface area contributed by atoms with Crippen molar-refractivity contribution in [2.45, 2.75) is 6.54 Å². The average molecular weight is 340 g/mol. The maximum Gasteiger partial charge on any atom is 0.331 e. The van der Waals surface area contributed by atoms with E-state index in [1.54, 1.807) is 18.2 Å². The normalized spacial score (nSPS) is 16.8. The largest absolute Gasteiger partial charge is 0.465 e. The average Bonchev–Trinajstić information content (AvgIpc) is 3.09. The highest BCUT2D eigenvalue weighted by Gasteiger charge is 2.35. The lowest BCUT2D eigenvalue weighted by atomic mass is 10.1. The summed E-state index contributed by atoms with van der Waals surface area (Å²) >= 11 is 0. The lowest BCUT2D eigenvalue weighted by Gasteiger charge is -2.26. The molecule has 1 N–H and O–H groups in total. The number of nitrogens with one attached hydrogen (secondary N) is 1. The quantitative estimate of drug-likeness (QED) is 0.685. The van der Waals surface area contributed by atoms with Crippen molar-refractivity contribution in [3.8, 4) is 0 Å². The first-order valence-electron chi connectivity index (χ1n) is 7.38. The number of rotatable bonds is 4. The van der Waals surface area contributed by atoms with Crippen LogP contribution < -0.4 is 5.32 Å². The summed E-state index contributed by atoms with van der Waals surface area (Å²) in [5, 5.41) is 2.11. The van der Waals surface area contributed by atoms with Gasteiger partial charge >= 0.3 is 6.03 Å². The summed E-state index contributed by atoms with van der Waals surface area (Å²) in [7, 11) is 0. The van der Waals surface area contributed by atoms with Crippen LogP contribution in [0.3, 0.4) is 0 Å².